The van der Waals surface area contributed by atoms with Gasteiger partial charge in [-0.25, -0.2) is 9.18 Å². The van der Waals surface area contributed by atoms with Crippen molar-refractivity contribution in [2.45, 2.75) is 38.0 Å². The van der Waals surface area contributed by atoms with E-state index in [1.807, 2.05) is 4.98 Å². The number of carbonyl (C=O) groups excluding carboxylic acids is 1. The Morgan fingerprint density at radius 2 is 2.29 bits per heavy atom. The van der Waals surface area contributed by atoms with Gasteiger partial charge >= 0.3 is 11.7 Å². The number of aliphatic hydroxyl groups is 1. The summed E-state index contributed by atoms with van der Waals surface area (Å²) in [6.45, 7) is 1.61. The summed E-state index contributed by atoms with van der Waals surface area (Å²) < 4.78 is 25.9. The summed E-state index contributed by atoms with van der Waals surface area (Å²) in [4.78, 5) is 35.8. The maximum atomic E-state index is 14.9. The maximum absolute atomic E-state index is 14.9. The van der Waals surface area contributed by atoms with Gasteiger partial charge in [-0.15, -0.1) is 0 Å². The molecule has 2 heterocycles. The van der Waals surface area contributed by atoms with Crippen molar-refractivity contribution in [3.8, 4) is 0 Å². The molecular weight excluding hydrogens is 287 g/mol. The number of esters is 1. The molecule has 1 aliphatic heterocycles. The molecule has 21 heavy (non-hydrogen) atoms. The third-order valence-corrected chi connectivity index (χ3v) is 3.26. The fourth-order valence-corrected chi connectivity index (χ4v) is 2.33. The zero-order valence-corrected chi connectivity index (χ0v) is 11.4. The fraction of sp³-hybridized carbons (Fsp3) is 0.583. The summed E-state index contributed by atoms with van der Waals surface area (Å²) in [6, 6.07) is 1.04. The van der Waals surface area contributed by atoms with Gasteiger partial charge in [-0.1, -0.05) is 0 Å². The lowest BCUT2D eigenvalue weighted by molar-refractivity contribution is -0.155. The van der Waals surface area contributed by atoms with E-state index in [0.29, 0.717) is 0 Å². The molecule has 0 spiro atoms. The van der Waals surface area contributed by atoms with Crippen LogP contribution in [0.1, 0.15) is 20.1 Å². The van der Waals surface area contributed by atoms with Gasteiger partial charge in [-0.3, -0.25) is 19.1 Å². The van der Waals surface area contributed by atoms with Gasteiger partial charge < -0.3 is 14.6 Å². The van der Waals surface area contributed by atoms with Crippen LogP contribution in [0.2, 0.25) is 0 Å². The Morgan fingerprint density at radius 1 is 1.62 bits per heavy atom. The molecule has 1 fully saturated rings. The SMILES string of the molecule is CC(=O)OC1[C@@H](CO)O[C@@H](n2ccc(=O)[nH]c2=O)[C@@]1(C)F. The van der Waals surface area contributed by atoms with Crippen LogP contribution < -0.4 is 11.2 Å². The Hall–Kier alpha value is -2.00. The van der Waals surface area contributed by atoms with Crippen LogP contribution in [-0.2, 0) is 14.3 Å². The van der Waals surface area contributed by atoms with Gasteiger partial charge in [0.2, 0.25) is 0 Å². The van der Waals surface area contributed by atoms with E-state index in [9.17, 15) is 23.9 Å². The number of rotatable bonds is 3. The van der Waals surface area contributed by atoms with Crippen molar-refractivity contribution in [3.05, 3.63) is 33.1 Å². The molecule has 0 aliphatic carbocycles. The van der Waals surface area contributed by atoms with Gasteiger partial charge in [-0.05, 0) is 6.92 Å². The predicted octanol–water partition coefficient (Wildman–Crippen LogP) is -0.914. The van der Waals surface area contributed by atoms with Gasteiger partial charge in [0.05, 0.1) is 6.61 Å². The number of aromatic nitrogens is 2. The lowest BCUT2D eigenvalue weighted by Crippen LogP contribution is -2.45. The molecule has 0 bridgehead atoms. The second kappa shape index (κ2) is 5.41. The summed E-state index contributed by atoms with van der Waals surface area (Å²) in [5, 5.41) is 9.23. The number of alkyl halides is 1. The lowest BCUT2D eigenvalue weighted by Gasteiger charge is -2.27. The maximum Gasteiger partial charge on any atom is 0.330 e. The molecule has 0 radical (unpaired) electrons. The Balaban J connectivity index is 2.43. The first-order valence-corrected chi connectivity index (χ1v) is 6.21. The first kappa shape index (κ1) is 15.4. The number of carbonyl (C=O) groups is 1. The smallest absolute Gasteiger partial charge is 0.330 e. The summed E-state index contributed by atoms with van der Waals surface area (Å²) >= 11 is 0. The predicted molar refractivity (Wildman–Crippen MR) is 67.4 cm³/mol. The summed E-state index contributed by atoms with van der Waals surface area (Å²) in [5.41, 5.74) is -3.76. The molecule has 1 unspecified atom stereocenters. The van der Waals surface area contributed by atoms with Crippen molar-refractivity contribution >= 4 is 5.97 Å². The highest BCUT2D eigenvalue weighted by Crippen LogP contribution is 2.42. The van der Waals surface area contributed by atoms with Crippen LogP contribution in [0.3, 0.4) is 0 Å². The second-order valence-electron chi connectivity index (χ2n) is 4.91. The molecule has 0 saturated carbocycles. The van der Waals surface area contributed by atoms with Gasteiger partial charge in [0.15, 0.2) is 18.0 Å². The van der Waals surface area contributed by atoms with Gasteiger partial charge in [0.25, 0.3) is 5.56 Å². The zero-order chi connectivity index (χ0) is 15.8. The quantitative estimate of drug-likeness (QED) is 0.699. The van der Waals surface area contributed by atoms with E-state index in [4.69, 9.17) is 9.47 Å². The van der Waals surface area contributed by atoms with Crippen LogP contribution >= 0.6 is 0 Å². The zero-order valence-electron chi connectivity index (χ0n) is 11.4. The molecule has 1 aliphatic rings. The van der Waals surface area contributed by atoms with E-state index < -0.39 is 47.9 Å². The Morgan fingerprint density at radius 3 is 2.81 bits per heavy atom. The van der Waals surface area contributed by atoms with E-state index in [1.54, 1.807) is 0 Å². The second-order valence-corrected chi connectivity index (χ2v) is 4.91. The highest BCUT2D eigenvalue weighted by Gasteiger charge is 2.57. The molecule has 1 saturated heterocycles. The number of halogens is 1. The number of aliphatic hydroxyl groups excluding tert-OH is 1. The highest BCUT2D eigenvalue weighted by atomic mass is 19.1. The molecule has 8 nitrogen and oxygen atoms in total. The van der Waals surface area contributed by atoms with Gasteiger partial charge in [0, 0.05) is 19.2 Å². The van der Waals surface area contributed by atoms with Crippen molar-refractivity contribution in [3.63, 3.8) is 0 Å². The largest absolute Gasteiger partial charge is 0.456 e. The van der Waals surface area contributed by atoms with Gasteiger partial charge in [0.1, 0.15) is 6.10 Å². The summed E-state index contributed by atoms with van der Waals surface area (Å²) in [7, 11) is 0. The third kappa shape index (κ3) is 2.74. The normalized spacial score (nSPS) is 32.1. The molecule has 1 aromatic heterocycles. The Bertz CT molecular complexity index is 652. The van der Waals surface area contributed by atoms with Crippen molar-refractivity contribution in [2.75, 3.05) is 6.61 Å². The van der Waals surface area contributed by atoms with Crippen LogP contribution in [0.15, 0.2) is 21.9 Å². The fourth-order valence-electron chi connectivity index (χ4n) is 2.33. The van der Waals surface area contributed by atoms with Crippen LogP contribution in [0.4, 0.5) is 4.39 Å². The number of ether oxygens (including phenoxy) is 2. The number of H-pyrrole nitrogens is 1. The number of hydrogen-bond acceptors (Lipinski definition) is 6. The van der Waals surface area contributed by atoms with E-state index in [0.717, 1.165) is 30.7 Å². The average molecular weight is 302 g/mol. The van der Waals surface area contributed by atoms with Crippen molar-refractivity contribution < 1.29 is 23.8 Å². The third-order valence-electron chi connectivity index (χ3n) is 3.26. The van der Waals surface area contributed by atoms with Crippen LogP contribution in [0, 0.1) is 0 Å². The molecule has 2 rings (SSSR count). The Kier molecular flexibility index (Phi) is 3.97. The lowest BCUT2D eigenvalue weighted by atomic mass is 9.98. The van der Waals surface area contributed by atoms with E-state index in [2.05, 4.69) is 0 Å². The first-order chi connectivity index (χ1) is 9.77. The van der Waals surface area contributed by atoms with Crippen molar-refractivity contribution in [2.24, 2.45) is 0 Å². The van der Waals surface area contributed by atoms with E-state index in [-0.39, 0.29) is 0 Å². The molecule has 116 valence electrons. The van der Waals surface area contributed by atoms with Crippen LogP contribution in [0.25, 0.3) is 0 Å². The van der Waals surface area contributed by atoms with Crippen LogP contribution in [0.5, 0.6) is 0 Å². The summed E-state index contributed by atoms with van der Waals surface area (Å²) in [5.74, 6) is -0.736. The van der Waals surface area contributed by atoms with Crippen molar-refractivity contribution in [1.82, 2.24) is 9.55 Å². The standard InChI is InChI=1S/C12H15FN2O6/c1-6(17)20-9-7(5-16)21-10(12(9,2)13)15-4-3-8(18)14-11(15)19/h3-4,7,9-10,16H,5H2,1-2H3,(H,14,18,19)/t7-,9?,10-,12+/m1/s1. The number of nitrogens with one attached hydrogen (secondary N) is 1. The van der Waals surface area contributed by atoms with E-state index in [1.165, 1.54) is 0 Å². The number of nitrogens with zero attached hydrogens (tertiary/aromatic N) is 1. The molecule has 1 aromatic rings. The summed E-state index contributed by atoms with van der Waals surface area (Å²) in [6.07, 6.45) is -2.85. The molecule has 0 aromatic carbocycles. The molecule has 9 heteroatoms. The molecule has 0 amide bonds. The number of hydrogen-bond donors (Lipinski definition) is 2. The van der Waals surface area contributed by atoms with E-state index >= 15 is 0 Å². The Labute approximate surface area is 118 Å². The minimum atomic E-state index is -2.26. The average Bonchev–Trinajstić information content (AvgIpc) is 2.61. The highest BCUT2D eigenvalue weighted by molar-refractivity contribution is 5.66. The molecule has 2 N–H and O–H groups in total. The topological polar surface area (TPSA) is 111 Å². The van der Waals surface area contributed by atoms with Crippen LogP contribution in [-0.4, -0.2) is 45.1 Å². The minimum absolute atomic E-state index is 0.591. The minimum Gasteiger partial charge on any atom is -0.456 e. The first-order valence-electron chi connectivity index (χ1n) is 6.21. The number of aromatic amines is 1. The molecule has 4 atom stereocenters. The van der Waals surface area contributed by atoms with Gasteiger partial charge in [-0.2, -0.15) is 0 Å². The van der Waals surface area contributed by atoms with Crippen molar-refractivity contribution in [1.29, 1.82) is 0 Å². The molecular formula is C12H15FN2O6. The monoisotopic (exact) mass is 302 g/mol.